The van der Waals surface area contributed by atoms with Gasteiger partial charge in [0.05, 0.1) is 13.1 Å². The Morgan fingerprint density at radius 2 is 2.15 bits per heavy atom. The molecule has 1 aromatic heterocycles. The number of rotatable bonds is 4. The quantitative estimate of drug-likeness (QED) is 0.917. The van der Waals surface area contributed by atoms with E-state index >= 15 is 0 Å². The molecule has 1 aliphatic rings. The van der Waals surface area contributed by atoms with E-state index in [1.54, 1.807) is 0 Å². The van der Waals surface area contributed by atoms with Crippen LogP contribution in [0.5, 0.6) is 0 Å². The van der Waals surface area contributed by atoms with Gasteiger partial charge >= 0.3 is 0 Å². The van der Waals surface area contributed by atoms with Gasteiger partial charge in [-0.3, -0.25) is 4.90 Å². The predicted molar refractivity (Wildman–Crippen MR) is 75.9 cm³/mol. The zero-order valence-electron chi connectivity index (χ0n) is 11.7. The molecule has 1 saturated heterocycles. The van der Waals surface area contributed by atoms with E-state index < -0.39 is 0 Å². The third kappa shape index (κ3) is 2.59. The van der Waals surface area contributed by atoms with Crippen LogP contribution in [-0.4, -0.2) is 28.1 Å². The first-order valence-corrected chi connectivity index (χ1v) is 6.99. The second kappa shape index (κ2) is 5.34. The molecule has 1 aliphatic heterocycles. The van der Waals surface area contributed by atoms with Gasteiger partial charge in [-0.05, 0) is 18.5 Å². The summed E-state index contributed by atoms with van der Waals surface area (Å²) >= 11 is 0. The Morgan fingerprint density at radius 3 is 2.85 bits per heavy atom. The minimum Gasteiger partial charge on any atom is -0.338 e. The molecule has 1 aromatic carbocycles. The van der Waals surface area contributed by atoms with Crippen LogP contribution in [0.1, 0.15) is 30.6 Å². The van der Waals surface area contributed by atoms with Crippen molar-refractivity contribution in [1.82, 2.24) is 15.0 Å². The summed E-state index contributed by atoms with van der Waals surface area (Å²) in [6, 6.07) is 10.7. The molecule has 0 bridgehead atoms. The van der Waals surface area contributed by atoms with Gasteiger partial charge in [-0.15, -0.1) is 0 Å². The highest BCUT2D eigenvalue weighted by Gasteiger charge is 2.35. The number of nitrogens with zero attached hydrogens (tertiary/aromatic N) is 3. The maximum Gasteiger partial charge on any atom is 0.240 e. The fourth-order valence-corrected chi connectivity index (χ4v) is 2.90. The van der Waals surface area contributed by atoms with E-state index in [-0.39, 0.29) is 5.41 Å². The van der Waals surface area contributed by atoms with Crippen molar-refractivity contribution in [2.75, 3.05) is 13.1 Å². The average Bonchev–Trinajstić information content (AvgIpc) is 3.08. The van der Waals surface area contributed by atoms with E-state index in [0.29, 0.717) is 12.4 Å². The Balaban J connectivity index is 1.67. The van der Waals surface area contributed by atoms with E-state index in [9.17, 15) is 0 Å². The van der Waals surface area contributed by atoms with Crippen molar-refractivity contribution in [3.8, 4) is 0 Å². The Morgan fingerprint density at radius 1 is 1.35 bits per heavy atom. The van der Waals surface area contributed by atoms with Gasteiger partial charge in [-0.2, -0.15) is 4.98 Å². The molecule has 0 radical (unpaired) electrons. The normalized spacial score (nSPS) is 23.3. The molecule has 2 aromatic rings. The largest absolute Gasteiger partial charge is 0.338 e. The molecule has 106 valence electrons. The van der Waals surface area contributed by atoms with Gasteiger partial charge in [0.2, 0.25) is 5.89 Å². The maximum absolute atomic E-state index is 5.48. The predicted octanol–water partition coefficient (Wildman–Crippen LogP) is 1.69. The molecule has 5 heteroatoms. The average molecular weight is 272 g/mol. The zero-order chi connectivity index (χ0) is 14.0. The molecule has 20 heavy (non-hydrogen) atoms. The minimum absolute atomic E-state index is 0.210. The molecule has 0 aliphatic carbocycles. The van der Waals surface area contributed by atoms with E-state index in [1.807, 2.05) is 0 Å². The van der Waals surface area contributed by atoms with Gasteiger partial charge < -0.3 is 10.3 Å². The zero-order valence-corrected chi connectivity index (χ0v) is 11.7. The molecule has 3 rings (SSSR count). The first-order chi connectivity index (χ1) is 9.69. The summed E-state index contributed by atoms with van der Waals surface area (Å²) in [5.41, 5.74) is 7.09. The molecule has 0 amide bonds. The van der Waals surface area contributed by atoms with Crippen LogP contribution in [0.2, 0.25) is 0 Å². The molecule has 5 nitrogen and oxygen atoms in total. The highest BCUT2D eigenvalue weighted by molar-refractivity contribution is 5.26. The van der Waals surface area contributed by atoms with Crippen molar-refractivity contribution in [3.05, 3.63) is 47.6 Å². The van der Waals surface area contributed by atoms with E-state index in [2.05, 4.69) is 52.3 Å². The number of likely N-dealkylation sites (tertiary alicyclic amines) is 1. The number of hydrogen-bond acceptors (Lipinski definition) is 5. The van der Waals surface area contributed by atoms with Crippen LogP contribution in [0, 0.1) is 0 Å². The molecule has 2 N–H and O–H groups in total. The van der Waals surface area contributed by atoms with Crippen LogP contribution in [-0.2, 0) is 18.5 Å². The van der Waals surface area contributed by atoms with E-state index in [1.165, 1.54) is 5.56 Å². The molecule has 1 atom stereocenters. The number of benzene rings is 1. The Bertz CT molecular complexity index is 568. The highest BCUT2D eigenvalue weighted by Crippen LogP contribution is 2.34. The molecule has 1 unspecified atom stereocenters. The maximum atomic E-state index is 5.48. The van der Waals surface area contributed by atoms with Crippen LogP contribution in [0.25, 0.3) is 0 Å². The topological polar surface area (TPSA) is 68.2 Å². The SMILES string of the molecule is CC1(c2ccccc2)CCN(Cc2noc(CN)n2)C1. The minimum atomic E-state index is 0.210. The van der Waals surface area contributed by atoms with Crippen molar-refractivity contribution in [2.24, 2.45) is 5.73 Å². The lowest BCUT2D eigenvalue weighted by molar-refractivity contribution is 0.292. The monoisotopic (exact) mass is 272 g/mol. The van der Waals surface area contributed by atoms with Crippen molar-refractivity contribution < 1.29 is 4.52 Å². The summed E-state index contributed by atoms with van der Waals surface area (Å²) in [4.78, 5) is 6.64. The lowest BCUT2D eigenvalue weighted by Crippen LogP contribution is -2.28. The van der Waals surface area contributed by atoms with Crippen LogP contribution < -0.4 is 5.73 Å². The third-order valence-corrected chi connectivity index (χ3v) is 4.07. The fraction of sp³-hybridized carbons (Fsp3) is 0.467. The van der Waals surface area contributed by atoms with Crippen molar-refractivity contribution in [2.45, 2.75) is 31.8 Å². The van der Waals surface area contributed by atoms with Crippen LogP contribution >= 0.6 is 0 Å². The molecule has 2 heterocycles. The summed E-state index contributed by atoms with van der Waals surface area (Å²) in [6.45, 7) is 5.42. The summed E-state index contributed by atoms with van der Waals surface area (Å²) in [5, 5.41) is 3.96. The van der Waals surface area contributed by atoms with Crippen molar-refractivity contribution >= 4 is 0 Å². The summed E-state index contributed by atoms with van der Waals surface area (Å²) in [7, 11) is 0. The van der Waals surface area contributed by atoms with Gasteiger partial charge in [0.25, 0.3) is 0 Å². The smallest absolute Gasteiger partial charge is 0.240 e. The van der Waals surface area contributed by atoms with Crippen LogP contribution in [0.4, 0.5) is 0 Å². The van der Waals surface area contributed by atoms with Gasteiger partial charge in [0.15, 0.2) is 5.82 Å². The van der Waals surface area contributed by atoms with Crippen molar-refractivity contribution in [3.63, 3.8) is 0 Å². The third-order valence-electron chi connectivity index (χ3n) is 4.07. The molecule has 0 saturated carbocycles. The Kier molecular flexibility index (Phi) is 3.54. The van der Waals surface area contributed by atoms with Gasteiger partial charge in [0, 0.05) is 12.0 Å². The molecule has 0 spiro atoms. The lowest BCUT2D eigenvalue weighted by Gasteiger charge is -2.25. The molecular formula is C15H20N4O. The summed E-state index contributed by atoms with van der Waals surface area (Å²) < 4.78 is 5.05. The lowest BCUT2D eigenvalue weighted by atomic mass is 9.82. The highest BCUT2D eigenvalue weighted by atomic mass is 16.5. The first kappa shape index (κ1) is 13.3. The summed E-state index contributed by atoms with van der Waals surface area (Å²) in [5.74, 6) is 1.23. The van der Waals surface area contributed by atoms with Crippen LogP contribution in [0.15, 0.2) is 34.9 Å². The number of aromatic nitrogens is 2. The number of nitrogens with two attached hydrogens (primary N) is 1. The second-order valence-electron chi connectivity index (χ2n) is 5.70. The van der Waals surface area contributed by atoms with Gasteiger partial charge in [-0.25, -0.2) is 0 Å². The van der Waals surface area contributed by atoms with Gasteiger partial charge in [-0.1, -0.05) is 42.4 Å². The van der Waals surface area contributed by atoms with Crippen LogP contribution in [0.3, 0.4) is 0 Å². The summed E-state index contributed by atoms with van der Waals surface area (Å²) in [6.07, 6.45) is 1.15. The molecule has 1 fully saturated rings. The van der Waals surface area contributed by atoms with E-state index in [0.717, 1.165) is 31.9 Å². The Labute approximate surface area is 118 Å². The van der Waals surface area contributed by atoms with E-state index in [4.69, 9.17) is 10.3 Å². The standard InChI is InChI=1S/C15H20N4O/c1-15(12-5-3-2-4-6-12)7-8-19(11-15)10-13-17-14(9-16)20-18-13/h2-6H,7-11,16H2,1H3. The Hall–Kier alpha value is -1.72. The fourth-order valence-electron chi connectivity index (χ4n) is 2.90. The van der Waals surface area contributed by atoms with Crippen molar-refractivity contribution in [1.29, 1.82) is 0 Å². The number of hydrogen-bond donors (Lipinski definition) is 1. The van der Waals surface area contributed by atoms with Gasteiger partial charge in [0.1, 0.15) is 0 Å². The second-order valence-corrected chi connectivity index (χ2v) is 5.70. The molecular weight excluding hydrogens is 252 g/mol. The first-order valence-electron chi connectivity index (χ1n) is 6.99.